The number of aryl methyl sites for hydroxylation is 1. The molecule has 0 saturated carbocycles. The lowest BCUT2D eigenvalue weighted by atomic mass is 10.0. The molecule has 1 aliphatic heterocycles. The molecule has 4 rings (SSSR count). The monoisotopic (exact) mass is 456 g/mol. The van der Waals surface area contributed by atoms with Crippen LogP contribution in [-0.4, -0.2) is 25.0 Å². The van der Waals surface area contributed by atoms with Gasteiger partial charge in [-0.15, -0.1) is 0 Å². The molecule has 1 N–H and O–H groups in total. The first-order valence-corrected chi connectivity index (χ1v) is 11.4. The fraction of sp³-hybridized carbons (Fsp3) is 0.214. The van der Waals surface area contributed by atoms with Gasteiger partial charge < -0.3 is 14.8 Å². The summed E-state index contributed by atoms with van der Waals surface area (Å²) in [6, 6.07) is 21.9. The molecule has 6 nitrogen and oxygen atoms in total. The number of rotatable bonds is 9. The molecule has 0 atom stereocenters. The first-order chi connectivity index (χ1) is 16.5. The van der Waals surface area contributed by atoms with Gasteiger partial charge in [-0.1, -0.05) is 42.8 Å². The van der Waals surface area contributed by atoms with Crippen molar-refractivity contribution in [2.45, 2.75) is 27.2 Å². The predicted molar refractivity (Wildman–Crippen MR) is 134 cm³/mol. The zero-order valence-corrected chi connectivity index (χ0v) is 19.6. The fourth-order valence-corrected chi connectivity index (χ4v) is 3.75. The lowest BCUT2D eigenvalue weighted by Gasteiger charge is -2.16. The van der Waals surface area contributed by atoms with E-state index in [0.717, 1.165) is 12.0 Å². The SMILES string of the molecule is CCCOc1cccc(NC2=C(c3ccc(OCC)cc3)C(=O)N(c3ccc(C)cc3)C2=O)c1. The Bertz CT molecular complexity index is 1210. The quantitative estimate of drug-likeness (QED) is 0.426. The lowest BCUT2D eigenvalue weighted by molar-refractivity contribution is -0.120. The van der Waals surface area contributed by atoms with Gasteiger partial charge in [-0.25, -0.2) is 4.90 Å². The van der Waals surface area contributed by atoms with E-state index in [4.69, 9.17) is 9.47 Å². The number of hydrogen-bond donors (Lipinski definition) is 1. The molecule has 174 valence electrons. The van der Waals surface area contributed by atoms with Crippen LogP contribution in [0.15, 0.2) is 78.5 Å². The minimum absolute atomic E-state index is 0.224. The molecule has 6 heteroatoms. The largest absolute Gasteiger partial charge is 0.494 e. The third kappa shape index (κ3) is 4.81. The average Bonchev–Trinajstić information content (AvgIpc) is 3.08. The standard InChI is InChI=1S/C28H28N2O4/c1-4-17-34-24-8-6-7-21(18-24)29-26-25(20-11-15-23(16-12-20)33-5-2)27(31)30(28(26)32)22-13-9-19(3)10-14-22/h6-16,18,29H,4-5,17H2,1-3H3. The molecule has 1 aliphatic rings. The van der Waals surface area contributed by atoms with Crippen LogP contribution in [0.2, 0.25) is 0 Å². The molecule has 34 heavy (non-hydrogen) atoms. The average molecular weight is 457 g/mol. The number of carbonyl (C=O) groups excluding carboxylic acids is 2. The Morgan fingerprint density at radius 1 is 0.824 bits per heavy atom. The molecule has 0 spiro atoms. The maximum atomic E-state index is 13.6. The zero-order valence-electron chi connectivity index (χ0n) is 19.6. The summed E-state index contributed by atoms with van der Waals surface area (Å²) in [5, 5.41) is 3.19. The van der Waals surface area contributed by atoms with Crippen molar-refractivity contribution in [3.63, 3.8) is 0 Å². The van der Waals surface area contributed by atoms with Crippen molar-refractivity contribution in [1.29, 1.82) is 0 Å². The van der Waals surface area contributed by atoms with Crippen LogP contribution in [0.25, 0.3) is 5.57 Å². The van der Waals surface area contributed by atoms with Gasteiger partial charge in [-0.3, -0.25) is 9.59 Å². The number of imide groups is 1. The molecule has 0 unspecified atom stereocenters. The molecule has 1 heterocycles. The smallest absolute Gasteiger partial charge is 0.282 e. The number of benzene rings is 3. The van der Waals surface area contributed by atoms with Crippen molar-refractivity contribution in [3.8, 4) is 11.5 Å². The Morgan fingerprint density at radius 3 is 2.24 bits per heavy atom. The topological polar surface area (TPSA) is 67.9 Å². The Labute approximate surface area is 199 Å². The summed E-state index contributed by atoms with van der Waals surface area (Å²) in [5.41, 5.74) is 3.41. The number of ether oxygens (including phenoxy) is 2. The number of anilines is 2. The third-order valence-corrected chi connectivity index (χ3v) is 5.41. The lowest BCUT2D eigenvalue weighted by Crippen LogP contribution is -2.32. The summed E-state index contributed by atoms with van der Waals surface area (Å²) in [5.74, 6) is 0.619. The van der Waals surface area contributed by atoms with E-state index in [2.05, 4.69) is 5.32 Å². The maximum absolute atomic E-state index is 13.6. The molecule has 0 aliphatic carbocycles. The highest BCUT2D eigenvalue weighted by Gasteiger charge is 2.40. The number of nitrogens with zero attached hydrogens (tertiary/aromatic N) is 1. The van der Waals surface area contributed by atoms with Crippen molar-refractivity contribution in [2.24, 2.45) is 0 Å². The first kappa shape index (κ1) is 23.1. The molecule has 0 aromatic heterocycles. The Morgan fingerprint density at radius 2 is 1.56 bits per heavy atom. The Kier molecular flexibility index (Phi) is 6.97. The van der Waals surface area contributed by atoms with Gasteiger partial charge in [-0.2, -0.15) is 0 Å². The van der Waals surface area contributed by atoms with Gasteiger partial charge in [0.1, 0.15) is 17.2 Å². The van der Waals surface area contributed by atoms with E-state index in [1.807, 2.05) is 57.2 Å². The summed E-state index contributed by atoms with van der Waals surface area (Å²) < 4.78 is 11.3. The van der Waals surface area contributed by atoms with Gasteiger partial charge in [0, 0.05) is 11.8 Å². The van der Waals surface area contributed by atoms with Crippen molar-refractivity contribution >= 4 is 28.8 Å². The van der Waals surface area contributed by atoms with Crippen LogP contribution in [0.5, 0.6) is 11.5 Å². The number of hydrogen-bond acceptors (Lipinski definition) is 5. The number of amides is 2. The highest BCUT2D eigenvalue weighted by Crippen LogP contribution is 2.35. The molecule has 3 aromatic rings. The molecule has 0 radical (unpaired) electrons. The molecule has 0 bridgehead atoms. The first-order valence-electron chi connectivity index (χ1n) is 11.4. The van der Waals surface area contributed by atoms with Gasteiger partial charge >= 0.3 is 0 Å². The van der Waals surface area contributed by atoms with Gasteiger partial charge in [0.2, 0.25) is 0 Å². The van der Waals surface area contributed by atoms with Gasteiger partial charge in [0.25, 0.3) is 11.8 Å². The van der Waals surface area contributed by atoms with Crippen molar-refractivity contribution in [1.82, 2.24) is 0 Å². The summed E-state index contributed by atoms with van der Waals surface area (Å²) in [7, 11) is 0. The van der Waals surface area contributed by atoms with Gasteiger partial charge in [0.05, 0.1) is 24.5 Å². The summed E-state index contributed by atoms with van der Waals surface area (Å²) in [6.45, 7) is 7.06. The molecule has 0 fully saturated rings. The van der Waals surface area contributed by atoms with E-state index in [1.165, 1.54) is 4.90 Å². The third-order valence-electron chi connectivity index (χ3n) is 5.41. The van der Waals surface area contributed by atoms with Crippen LogP contribution in [0.1, 0.15) is 31.4 Å². The van der Waals surface area contributed by atoms with E-state index < -0.39 is 5.91 Å². The molecular weight excluding hydrogens is 428 g/mol. The van der Waals surface area contributed by atoms with Crippen molar-refractivity contribution in [3.05, 3.63) is 89.6 Å². The second-order valence-corrected chi connectivity index (χ2v) is 7.99. The van der Waals surface area contributed by atoms with Crippen LogP contribution in [0.3, 0.4) is 0 Å². The highest BCUT2D eigenvalue weighted by atomic mass is 16.5. The summed E-state index contributed by atoms with van der Waals surface area (Å²) in [4.78, 5) is 28.3. The van der Waals surface area contributed by atoms with Crippen LogP contribution >= 0.6 is 0 Å². The predicted octanol–water partition coefficient (Wildman–Crippen LogP) is 5.58. The van der Waals surface area contributed by atoms with Gasteiger partial charge in [0.15, 0.2) is 0 Å². The minimum Gasteiger partial charge on any atom is -0.494 e. The van der Waals surface area contributed by atoms with Crippen LogP contribution in [0, 0.1) is 6.92 Å². The minimum atomic E-state index is -0.405. The molecule has 3 aromatic carbocycles. The second-order valence-electron chi connectivity index (χ2n) is 7.99. The van der Waals surface area contributed by atoms with Crippen LogP contribution in [0.4, 0.5) is 11.4 Å². The van der Waals surface area contributed by atoms with Gasteiger partial charge in [-0.05, 0) is 62.2 Å². The number of carbonyl (C=O) groups is 2. The Hall–Kier alpha value is -4.06. The molecular formula is C28H28N2O4. The van der Waals surface area contributed by atoms with E-state index in [1.54, 1.807) is 36.4 Å². The van der Waals surface area contributed by atoms with Crippen molar-refractivity contribution < 1.29 is 19.1 Å². The second kappa shape index (κ2) is 10.3. The molecule has 2 amide bonds. The van der Waals surface area contributed by atoms with E-state index in [9.17, 15) is 9.59 Å². The van der Waals surface area contributed by atoms with Crippen LogP contribution < -0.4 is 19.7 Å². The van der Waals surface area contributed by atoms with E-state index >= 15 is 0 Å². The summed E-state index contributed by atoms with van der Waals surface area (Å²) >= 11 is 0. The van der Waals surface area contributed by atoms with E-state index in [0.29, 0.717) is 47.2 Å². The highest BCUT2D eigenvalue weighted by molar-refractivity contribution is 6.46. The molecule has 0 saturated heterocycles. The maximum Gasteiger partial charge on any atom is 0.282 e. The van der Waals surface area contributed by atoms with E-state index in [-0.39, 0.29) is 11.6 Å². The van der Waals surface area contributed by atoms with Crippen LogP contribution in [-0.2, 0) is 9.59 Å². The Balaban J connectivity index is 1.74. The zero-order chi connectivity index (χ0) is 24.1. The van der Waals surface area contributed by atoms with Crippen molar-refractivity contribution in [2.75, 3.05) is 23.4 Å². The fourth-order valence-electron chi connectivity index (χ4n) is 3.75. The summed E-state index contributed by atoms with van der Waals surface area (Å²) in [6.07, 6.45) is 0.892. The number of nitrogens with one attached hydrogen (secondary N) is 1. The normalized spacial score (nSPS) is 13.4.